The van der Waals surface area contributed by atoms with E-state index in [1.807, 2.05) is 39.8 Å². The molecule has 0 aliphatic carbocycles. The van der Waals surface area contributed by atoms with Gasteiger partial charge in [0.2, 0.25) is 0 Å². The quantitative estimate of drug-likeness (QED) is 0.178. The average Bonchev–Trinajstić information content (AvgIpc) is 2.87. The number of carbonyl (C=O) groups is 1. The third-order valence-electron chi connectivity index (χ3n) is 3.81. The van der Waals surface area contributed by atoms with Gasteiger partial charge in [-0.3, -0.25) is 14.8 Å². The number of nitrogens with zero attached hydrogens (tertiary/aromatic N) is 2. The lowest BCUT2D eigenvalue weighted by molar-refractivity contribution is 0.0503. The van der Waals surface area contributed by atoms with Crippen molar-refractivity contribution in [3.05, 3.63) is 90.9 Å². The molecule has 35 heavy (non-hydrogen) atoms. The Bertz CT molecular complexity index is 932. The van der Waals surface area contributed by atoms with Crippen molar-refractivity contribution in [1.29, 1.82) is 0 Å². The summed E-state index contributed by atoms with van der Waals surface area (Å²) < 4.78 is 16.2. The number of hydrogen-bond donors (Lipinski definition) is 1. The summed E-state index contributed by atoms with van der Waals surface area (Å²) >= 11 is 0. The molecule has 0 amide bonds. The van der Waals surface area contributed by atoms with Gasteiger partial charge >= 0.3 is 0 Å². The van der Waals surface area contributed by atoms with Crippen LogP contribution in [-0.4, -0.2) is 36.9 Å². The van der Waals surface area contributed by atoms with Crippen molar-refractivity contribution in [2.45, 2.75) is 47.8 Å². The van der Waals surface area contributed by atoms with Gasteiger partial charge in [0.25, 0.3) is 0 Å². The maximum atomic E-state index is 11.5. The van der Waals surface area contributed by atoms with E-state index in [-0.39, 0.29) is 26.9 Å². The molecule has 0 radical (unpaired) electrons. The number of nitrogens with two attached hydrogens (primary N) is 1. The fraction of sp³-hybridized carbons (Fsp3) is 0.321. The van der Waals surface area contributed by atoms with Gasteiger partial charge in [-0.1, -0.05) is 58.7 Å². The highest BCUT2D eigenvalue weighted by Gasteiger charge is 2.13. The minimum atomic E-state index is 0. The summed E-state index contributed by atoms with van der Waals surface area (Å²) in [4.78, 5) is 20.6. The molecule has 2 aromatic rings. The maximum Gasteiger partial charge on any atom is 0.188 e. The Morgan fingerprint density at radius 3 is 2.26 bits per heavy atom. The van der Waals surface area contributed by atoms with E-state index in [0.717, 1.165) is 5.56 Å². The van der Waals surface area contributed by atoms with E-state index in [4.69, 9.17) is 19.9 Å². The van der Waals surface area contributed by atoms with Crippen molar-refractivity contribution in [3.63, 3.8) is 0 Å². The van der Waals surface area contributed by atoms with E-state index in [1.54, 1.807) is 42.6 Å². The Morgan fingerprint density at radius 1 is 1.11 bits per heavy atom. The second kappa shape index (κ2) is 20.9. The van der Waals surface area contributed by atoms with Gasteiger partial charge in [0.15, 0.2) is 13.1 Å². The zero-order valence-corrected chi connectivity index (χ0v) is 20.9. The van der Waals surface area contributed by atoms with E-state index in [0.29, 0.717) is 34.8 Å². The number of rotatable bonds is 11. The Balaban J connectivity index is 0. The summed E-state index contributed by atoms with van der Waals surface area (Å²) in [5.41, 5.74) is 8.06. The lowest BCUT2D eigenvalue weighted by atomic mass is 10.1. The van der Waals surface area contributed by atoms with Crippen molar-refractivity contribution in [3.8, 4) is 11.5 Å². The predicted molar refractivity (Wildman–Crippen MR) is 146 cm³/mol. The zero-order valence-electron chi connectivity index (χ0n) is 20.9. The molecule has 1 aromatic carbocycles. The molecule has 0 spiro atoms. The van der Waals surface area contributed by atoms with Crippen LogP contribution in [0.5, 0.6) is 11.5 Å². The van der Waals surface area contributed by atoms with Gasteiger partial charge in [0, 0.05) is 24.9 Å². The van der Waals surface area contributed by atoms with E-state index in [2.05, 4.69) is 23.1 Å². The first kappa shape index (κ1) is 33.5. The molecule has 0 saturated heterocycles. The molecule has 0 unspecified atom stereocenters. The number of allylic oxidation sites excluding steroid dienone is 3. The molecule has 0 saturated carbocycles. The molecular formula is C28H41N3O4. The first-order valence-electron chi connectivity index (χ1n) is 11.0. The predicted octanol–water partition coefficient (Wildman–Crippen LogP) is 6.15. The number of carbonyl (C=O) groups excluding carboxylic acids is 1. The molecule has 7 heteroatoms. The second-order valence-corrected chi connectivity index (χ2v) is 6.58. The van der Waals surface area contributed by atoms with Crippen LogP contribution in [0.4, 0.5) is 0 Å². The molecule has 7 nitrogen and oxygen atoms in total. The summed E-state index contributed by atoms with van der Waals surface area (Å²) in [6.07, 6.45) is 8.81. The number of hydrogen-bond acceptors (Lipinski definition) is 7. The van der Waals surface area contributed by atoms with Crippen LogP contribution in [0.1, 0.15) is 56.7 Å². The highest BCUT2D eigenvalue weighted by molar-refractivity contribution is 6.08. The number of ether oxygens (including phenoxy) is 3. The molecule has 2 rings (SSSR count). The zero-order chi connectivity index (χ0) is 25.8. The van der Waals surface area contributed by atoms with Crippen LogP contribution in [0, 0.1) is 0 Å². The SMILES string of the molecule is C.C=CC=C.CC.COCOc1cccc(OCc2cccnc2C(/C=C\N)=NC(C)C)c1C=O. The third kappa shape index (κ3) is 12.4. The summed E-state index contributed by atoms with van der Waals surface area (Å²) in [5.74, 6) is 0.809. The van der Waals surface area contributed by atoms with Gasteiger partial charge in [0.1, 0.15) is 18.1 Å². The Hall–Kier alpha value is -3.71. The Morgan fingerprint density at radius 2 is 1.74 bits per heavy atom. The Labute approximate surface area is 211 Å². The van der Waals surface area contributed by atoms with Crippen molar-refractivity contribution < 1.29 is 19.0 Å². The minimum absolute atomic E-state index is 0. The topological polar surface area (TPSA) is 96.0 Å². The lowest BCUT2D eigenvalue weighted by Crippen LogP contribution is -2.11. The summed E-state index contributed by atoms with van der Waals surface area (Å²) in [7, 11) is 1.51. The molecule has 1 heterocycles. The van der Waals surface area contributed by atoms with Crippen LogP contribution < -0.4 is 15.2 Å². The molecule has 2 N–H and O–H groups in total. The number of pyridine rings is 1. The third-order valence-corrected chi connectivity index (χ3v) is 3.81. The smallest absolute Gasteiger partial charge is 0.188 e. The Kier molecular flexibility index (Phi) is 19.9. The number of aromatic nitrogens is 1. The first-order valence-corrected chi connectivity index (χ1v) is 11.0. The molecule has 1 aromatic heterocycles. The normalized spacial score (nSPS) is 10.2. The van der Waals surface area contributed by atoms with Gasteiger partial charge in [-0.05, 0) is 44.3 Å². The number of methoxy groups -OCH3 is 1. The van der Waals surface area contributed by atoms with Crippen molar-refractivity contribution in [2.75, 3.05) is 13.9 Å². The summed E-state index contributed by atoms with van der Waals surface area (Å²) in [6.45, 7) is 14.9. The van der Waals surface area contributed by atoms with Crippen molar-refractivity contribution >= 4 is 12.0 Å². The van der Waals surface area contributed by atoms with Gasteiger partial charge in [-0.25, -0.2) is 0 Å². The summed E-state index contributed by atoms with van der Waals surface area (Å²) in [5, 5.41) is 0. The molecule has 0 aliphatic heterocycles. The second-order valence-electron chi connectivity index (χ2n) is 6.58. The minimum Gasteiger partial charge on any atom is -0.488 e. The average molecular weight is 484 g/mol. The first-order chi connectivity index (χ1) is 16.5. The van der Waals surface area contributed by atoms with Gasteiger partial charge in [-0.15, -0.1) is 0 Å². The molecule has 0 bridgehead atoms. The van der Waals surface area contributed by atoms with Gasteiger partial charge in [-0.2, -0.15) is 0 Å². The largest absolute Gasteiger partial charge is 0.488 e. The van der Waals surface area contributed by atoms with Crippen LogP contribution in [0.25, 0.3) is 0 Å². The van der Waals surface area contributed by atoms with E-state index in [1.165, 1.54) is 13.3 Å². The van der Waals surface area contributed by atoms with Crippen molar-refractivity contribution in [1.82, 2.24) is 4.98 Å². The van der Waals surface area contributed by atoms with Gasteiger partial charge < -0.3 is 19.9 Å². The molecule has 192 valence electrons. The van der Waals surface area contributed by atoms with E-state index >= 15 is 0 Å². The molecule has 0 fully saturated rings. The van der Waals surface area contributed by atoms with E-state index in [9.17, 15) is 4.79 Å². The van der Waals surface area contributed by atoms with E-state index < -0.39 is 0 Å². The molecule has 0 atom stereocenters. The van der Waals surface area contributed by atoms with Gasteiger partial charge in [0.05, 0.1) is 17.0 Å². The van der Waals surface area contributed by atoms with Crippen LogP contribution in [0.2, 0.25) is 0 Å². The van der Waals surface area contributed by atoms with Crippen LogP contribution in [0.3, 0.4) is 0 Å². The standard InChI is InChI=1S/C21H25N3O4.C4H6.C2H6.CH4/c1-15(2)24-18(9-10-22)21-16(6-5-11-23-21)13-27-19-7-4-8-20(17(19)12-25)28-14-26-3;1-3-4-2;1-2;/h4-12,15H,13-14,22H2,1-3H3;3-4H,1-2H2;1-2H3;1H4/b10-9-,24-18?;;;. The highest BCUT2D eigenvalue weighted by atomic mass is 16.7. The van der Waals surface area contributed by atoms with Crippen molar-refractivity contribution in [2.24, 2.45) is 10.7 Å². The number of aliphatic imine (C=N–C) groups is 1. The summed E-state index contributed by atoms with van der Waals surface area (Å²) in [6, 6.07) is 8.94. The molecule has 0 aliphatic rings. The molecular weight excluding hydrogens is 442 g/mol. The maximum absolute atomic E-state index is 11.5. The van der Waals surface area contributed by atoms with Crippen LogP contribution >= 0.6 is 0 Å². The fourth-order valence-corrected chi connectivity index (χ4v) is 2.51. The monoisotopic (exact) mass is 483 g/mol. The lowest BCUT2D eigenvalue weighted by Gasteiger charge is -2.14. The number of aldehydes is 1. The fourth-order valence-electron chi connectivity index (χ4n) is 2.51. The highest BCUT2D eigenvalue weighted by Crippen LogP contribution is 2.28. The number of benzene rings is 1. The van der Waals surface area contributed by atoms with Crippen LogP contribution in [0.15, 0.2) is 79.1 Å². The van der Waals surface area contributed by atoms with Crippen LogP contribution in [-0.2, 0) is 11.3 Å².